The minimum Gasteiger partial charge on any atom is -0.480 e. The van der Waals surface area contributed by atoms with Crippen molar-refractivity contribution >= 4 is 12.0 Å². The molecule has 2 amide bonds. The van der Waals surface area contributed by atoms with Crippen LogP contribution in [-0.2, 0) is 4.79 Å². The molecule has 0 atom stereocenters. The number of carboxylic acids is 1. The summed E-state index contributed by atoms with van der Waals surface area (Å²) in [5.41, 5.74) is -1.18. The molecule has 0 bridgehead atoms. The first-order valence-corrected chi connectivity index (χ1v) is 5.90. The highest BCUT2D eigenvalue weighted by Gasteiger charge is 2.38. The number of amides is 2. The maximum atomic E-state index is 12.1. The van der Waals surface area contributed by atoms with Gasteiger partial charge in [-0.3, -0.25) is 0 Å². The second-order valence-electron chi connectivity index (χ2n) is 5.17. The summed E-state index contributed by atoms with van der Waals surface area (Å²) in [4.78, 5) is 26.2. The molecular formula is C12H24N2O3. The third-order valence-corrected chi connectivity index (χ3v) is 2.71. The number of carbonyl (C=O) groups excluding carboxylic acids is 1. The molecule has 0 fully saturated rings. The molecule has 17 heavy (non-hydrogen) atoms. The van der Waals surface area contributed by atoms with E-state index < -0.39 is 11.5 Å². The van der Waals surface area contributed by atoms with Gasteiger partial charge in [0.25, 0.3) is 0 Å². The van der Waals surface area contributed by atoms with E-state index in [2.05, 4.69) is 0 Å². The first-order valence-electron chi connectivity index (χ1n) is 5.90. The van der Waals surface area contributed by atoms with Crippen molar-refractivity contribution in [2.75, 3.05) is 20.1 Å². The van der Waals surface area contributed by atoms with Crippen LogP contribution in [0.1, 0.15) is 34.6 Å². The zero-order chi connectivity index (χ0) is 13.8. The highest BCUT2D eigenvalue weighted by molar-refractivity contribution is 5.85. The summed E-state index contributed by atoms with van der Waals surface area (Å²) in [6.07, 6.45) is 0. The highest BCUT2D eigenvalue weighted by atomic mass is 16.4. The van der Waals surface area contributed by atoms with Crippen molar-refractivity contribution in [3.8, 4) is 0 Å². The van der Waals surface area contributed by atoms with Crippen molar-refractivity contribution in [2.24, 2.45) is 5.92 Å². The van der Waals surface area contributed by atoms with Crippen LogP contribution >= 0.6 is 0 Å². The summed E-state index contributed by atoms with van der Waals surface area (Å²) in [6.45, 7) is 9.89. The van der Waals surface area contributed by atoms with Gasteiger partial charge in [-0.05, 0) is 26.7 Å². The third-order valence-electron chi connectivity index (χ3n) is 2.71. The number of aliphatic carboxylic acids is 1. The Bertz CT molecular complexity index is 287. The van der Waals surface area contributed by atoms with Gasteiger partial charge in [0.05, 0.1) is 0 Å². The van der Waals surface area contributed by atoms with Crippen molar-refractivity contribution in [1.82, 2.24) is 9.80 Å². The molecule has 0 aliphatic carbocycles. The fraction of sp³-hybridized carbons (Fsp3) is 0.833. The minimum absolute atomic E-state index is 0.242. The van der Waals surface area contributed by atoms with Crippen molar-refractivity contribution in [3.05, 3.63) is 0 Å². The minimum atomic E-state index is -1.18. The summed E-state index contributed by atoms with van der Waals surface area (Å²) in [5.74, 6) is -0.638. The van der Waals surface area contributed by atoms with Gasteiger partial charge in [-0.25, -0.2) is 9.59 Å². The topological polar surface area (TPSA) is 60.9 Å². The smallest absolute Gasteiger partial charge is 0.329 e. The molecule has 0 aromatic heterocycles. The second-order valence-corrected chi connectivity index (χ2v) is 5.17. The van der Waals surface area contributed by atoms with Crippen LogP contribution in [0.25, 0.3) is 0 Å². The average molecular weight is 244 g/mol. The van der Waals surface area contributed by atoms with E-state index in [9.17, 15) is 9.59 Å². The molecule has 0 heterocycles. The SMILES string of the molecule is CCN(C(=O)N(C)CC(C)C)C(C)(C)C(=O)O. The first kappa shape index (κ1) is 15.7. The zero-order valence-corrected chi connectivity index (χ0v) is 11.6. The Morgan fingerprint density at radius 1 is 1.29 bits per heavy atom. The van der Waals surface area contributed by atoms with Crippen molar-refractivity contribution < 1.29 is 14.7 Å². The predicted octanol–water partition coefficient (Wildman–Crippen LogP) is 1.88. The summed E-state index contributed by atoms with van der Waals surface area (Å²) < 4.78 is 0. The van der Waals surface area contributed by atoms with Crippen molar-refractivity contribution in [3.63, 3.8) is 0 Å². The summed E-state index contributed by atoms with van der Waals surface area (Å²) in [6, 6.07) is -0.242. The summed E-state index contributed by atoms with van der Waals surface area (Å²) >= 11 is 0. The van der Waals surface area contributed by atoms with Gasteiger partial charge in [0.15, 0.2) is 0 Å². The molecule has 0 aliphatic heterocycles. The fourth-order valence-electron chi connectivity index (χ4n) is 1.72. The first-order chi connectivity index (χ1) is 7.64. The number of urea groups is 1. The van der Waals surface area contributed by atoms with Crippen LogP contribution in [0.4, 0.5) is 4.79 Å². The van der Waals surface area contributed by atoms with Crippen molar-refractivity contribution in [2.45, 2.75) is 40.2 Å². The lowest BCUT2D eigenvalue weighted by Gasteiger charge is -2.37. The largest absolute Gasteiger partial charge is 0.480 e. The molecule has 5 nitrogen and oxygen atoms in total. The van der Waals surface area contributed by atoms with E-state index in [-0.39, 0.29) is 6.03 Å². The quantitative estimate of drug-likeness (QED) is 0.803. The maximum absolute atomic E-state index is 12.1. The second kappa shape index (κ2) is 5.89. The Hall–Kier alpha value is -1.26. The Morgan fingerprint density at radius 2 is 1.76 bits per heavy atom. The van der Waals surface area contributed by atoms with E-state index in [1.54, 1.807) is 32.7 Å². The Morgan fingerprint density at radius 3 is 2.06 bits per heavy atom. The van der Waals surface area contributed by atoms with Crippen LogP contribution in [0.3, 0.4) is 0 Å². The van der Waals surface area contributed by atoms with Crippen molar-refractivity contribution in [1.29, 1.82) is 0 Å². The molecule has 0 rings (SSSR count). The molecule has 0 saturated heterocycles. The Labute approximate surface area is 103 Å². The van der Waals surface area contributed by atoms with Crippen LogP contribution in [0.15, 0.2) is 0 Å². The van der Waals surface area contributed by atoms with Crippen LogP contribution < -0.4 is 0 Å². The number of likely N-dealkylation sites (N-methyl/N-ethyl adjacent to an activating group) is 1. The fourth-order valence-corrected chi connectivity index (χ4v) is 1.72. The molecule has 0 radical (unpaired) electrons. The van der Waals surface area contributed by atoms with E-state index in [1.165, 1.54) is 4.90 Å². The molecule has 0 saturated carbocycles. The van der Waals surface area contributed by atoms with Gasteiger partial charge >= 0.3 is 12.0 Å². The molecule has 0 aromatic carbocycles. The molecule has 0 aromatic rings. The molecule has 0 aliphatic rings. The maximum Gasteiger partial charge on any atom is 0.329 e. The van der Waals surface area contributed by atoms with Gasteiger partial charge in [0.2, 0.25) is 0 Å². The third kappa shape index (κ3) is 3.91. The van der Waals surface area contributed by atoms with Gasteiger partial charge in [0.1, 0.15) is 5.54 Å². The standard InChI is InChI=1S/C12H24N2O3/c1-7-14(12(4,5)10(15)16)11(17)13(6)8-9(2)3/h9H,7-8H2,1-6H3,(H,15,16). The lowest BCUT2D eigenvalue weighted by Crippen LogP contribution is -2.56. The Balaban J connectivity index is 4.89. The molecule has 100 valence electrons. The van der Waals surface area contributed by atoms with Crippen LogP contribution in [0, 0.1) is 5.92 Å². The lowest BCUT2D eigenvalue weighted by atomic mass is 10.0. The number of hydrogen-bond acceptors (Lipinski definition) is 2. The Kier molecular flexibility index (Phi) is 5.45. The van der Waals surface area contributed by atoms with Gasteiger partial charge in [-0.1, -0.05) is 13.8 Å². The van der Waals surface area contributed by atoms with E-state index >= 15 is 0 Å². The molecule has 0 unspecified atom stereocenters. The summed E-state index contributed by atoms with van der Waals surface area (Å²) in [5, 5.41) is 9.14. The normalized spacial score (nSPS) is 11.5. The van der Waals surface area contributed by atoms with Gasteiger partial charge in [0, 0.05) is 20.1 Å². The molecule has 0 spiro atoms. The van der Waals surface area contributed by atoms with Gasteiger partial charge < -0.3 is 14.9 Å². The van der Waals surface area contributed by atoms with E-state index in [0.717, 1.165) is 0 Å². The van der Waals surface area contributed by atoms with Crippen LogP contribution in [-0.4, -0.2) is 52.6 Å². The number of carboxylic acid groups (broad SMARTS) is 1. The lowest BCUT2D eigenvalue weighted by molar-refractivity contribution is -0.147. The zero-order valence-electron chi connectivity index (χ0n) is 11.6. The van der Waals surface area contributed by atoms with E-state index in [4.69, 9.17) is 5.11 Å². The number of carbonyl (C=O) groups is 2. The van der Waals surface area contributed by atoms with Crippen LogP contribution in [0.2, 0.25) is 0 Å². The number of rotatable bonds is 5. The molecular weight excluding hydrogens is 220 g/mol. The number of nitrogens with zero attached hydrogens (tertiary/aromatic N) is 2. The number of hydrogen-bond donors (Lipinski definition) is 1. The molecule has 1 N–H and O–H groups in total. The average Bonchev–Trinajstić information content (AvgIpc) is 2.16. The van der Waals surface area contributed by atoms with E-state index in [1.807, 2.05) is 13.8 Å². The summed E-state index contributed by atoms with van der Waals surface area (Å²) in [7, 11) is 1.70. The van der Waals surface area contributed by atoms with Gasteiger partial charge in [-0.2, -0.15) is 0 Å². The highest BCUT2D eigenvalue weighted by Crippen LogP contribution is 2.16. The van der Waals surface area contributed by atoms with Gasteiger partial charge in [-0.15, -0.1) is 0 Å². The predicted molar refractivity (Wildman–Crippen MR) is 67.0 cm³/mol. The van der Waals surface area contributed by atoms with Crippen LogP contribution in [0.5, 0.6) is 0 Å². The monoisotopic (exact) mass is 244 g/mol. The van der Waals surface area contributed by atoms with E-state index in [0.29, 0.717) is 19.0 Å². The molecule has 5 heteroatoms.